The highest BCUT2D eigenvalue weighted by Crippen LogP contribution is 2.42. The number of piperidine rings is 1. The molecule has 168 valence electrons. The minimum atomic E-state index is -1.09. The summed E-state index contributed by atoms with van der Waals surface area (Å²) in [5, 5.41) is 18.1. The summed E-state index contributed by atoms with van der Waals surface area (Å²) in [5.74, 6) is -2.52. The average Bonchev–Trinajstić information content (AvgIpc) is 3.55. The van der Waals surface area contributed by atoms with E-state index in [-0.39, 0.29) is 29.2 Å². The number of ketones is 1. The number of hydrogen-bond donors (Lipinski definition) is 3. The number of rotatable bonds is 10. The summed E-state index contributed by atoms with van der Waals surface area (Å²) in [6, 6.07) is 4.49. The molecule has 3 unspecified atom stereocenters. The minimum Gasteiger partial charge on any atom is -0.480 e. The van der Waals surface area contributed by atoms with E-state index in [2.05, 4.69) is 0 Å². The zero-order valence-corrected chi connectivity index (χ0v) is 18.4. The number of nitrogens with two attached hydrogens (primary N) is 1. The summed E-state index contributed by atoms with van der Waals surface area (Å²) in [4.78, 5) is 37.2. The molecule has 4 N–H and O–H groups in total. The number of likely N-dealkylation sites (tertiary alicyclic amines) is 1. The van der Waals surface area contributed by atoms with Crippen LogP contribution in [0.15, 0.2) is 35.9 Å². The number of carboxylic acids is 2. The summed E-state index contributed by atoms with van der Waals surface area (Å²) < 4.78 is 14.6. The number of carbonyl (C=O) groups excluding carboxylic acids is 1. The fraction of sp³-hybridized carbons (Fsp3) is 0.476. The highest BCUT2D eigenvalue weighted by Gasteiger charge is 2.41. The number of nitrogens with zero attached hydrogens (tertiary/aromatic N) is 1. The predicted molar refractivity (Wildman–Crippen MR) is 118 cm³/mol. The Morgan fingerprint density at radius 2 is 1.94 bits per heavy atom. The Labute approximate surface area is 187 Å². The number of aliphatic carboxylic acids is 2. The third kappa shape index (κ3) is 6.31. The standard InChI is InChI=1S/C21H25FN2O5S2/c22-15-4-2-1-3-14(15)19(20(27)12-5-6-12)24-8-7-17(13(10-24)9-18(25)26)31-30-11-16(23)21(28)29/h1-4,9,12,16-17,19H,5-8,10-11,23H2,(H,25,26)(H,28,29). The van der Waals surface area contributed by atoms with Crippen molar-refractivity contribution < 1.29 is 29.0 Å². The topological polar surface area (TPSA) is 121 Å². The summed E-state index contributed by atoms with van der Waals surface area (Å²) in [5.41, 5.74) is 6.47. The van der Waals surface area contributed by atoms with Crippen molar-refractivity contribution in [2.45, 2.75) is 36.6 Å². The van der Waals surface area contributed by atoms with Crippen LogP contribution in [0.3, 0.4) is 0 Å². The van der Waals surface area contributed by atoms with Crippen LogP contribution in [0.5, 0.6) is 0 Å². The van der Waals surface area contributed by atoms with E-state index in [1.165, 1.54) is 27.7 Å². The number of halogens is 1. The lowest BCUT2D eigenvalue weighted by molar-refractivity contribution is -0.138. The Hall–Kier alpha value is -1.88. The second-order valence-electron chi connectivity index (χ2n) is 7.73. The van der Waals surface area contributed by atoms with Crippen LogP contribution in [-0.4, -0.2) is 63.0 Å². The van der Waals surface area contributed by atoms with E-state index < -0.39 is 29.8 Å². The van der Waals surface area contributed by atoms with Gasteiger partial charge in [0, 0.05) is 41.6 Å². The van der Waals surface area contributed by atoms with Gasteiger partial charge in [0.1, 0.15) is 11.9 Å². The van der Waals surface area contributed by atoms with Crippen LogP contribution in [0.1, 0.15) is 30.9 Å². The minimum absolute atomic E-state index is 0.0207. The molecule has 2 fully saturated rings. The monoisotopic (exact) mass is 468 g/mol. The molecule has 2 aliphatic rings. The van der Waals surface area contributed by atoms with E-state index in [4.69, 9.17) is 10.8 Å². The van der Waals surface area contributed by atoms with Crippen molar-refractivity contribution in [3.8, 4) is 0 Å². The third-order valence-electron chi connectivity index (χ3n) is 5.35. The van der Waals surface area contributed by atoms with E-state index >= 15 is 0 Å². The average molecular weight is 469 g/mol. The van der Waals surface area contributed by atoms with Crippen LogP contribution >= 0.6 is 21.6 Å². The zero-order valence-electron chi connectivity index (χ0n) is 16.8. The second kappa shape index (κ2) is 10.6. The van der Waals surface area contributed by atoms with Gasteiger partial charge in [0.2, 0.25) is 0 Å². The van der Waals surface area contributed by atoms with Crippen molar-refractivity contribution in [1.82, 2.24) is 4.90 Å². The van der Waals surface area contributed by atoms with Crippen molar-refractivity contribution in [1.29, 1.82) is 0 Å². The van der Waals surface area contributed by atoms with Crippen LogP contribution in [0.2, 0.25) is 0 Å². The number of carbonyl (C=O) groups is 3. The van der Waals surface area contributed by atoms with Crippen molar-refractivity contribution in [3.63, 3.8) is 0 Å². The molecule has 7 nitrogen and oxygen atoms in total. The Morgan fingerprint density at radius 3 is 2.55 bits per heavy atom. The lowest BCUT2D eigenvalue weighted by Gasteiger charge is -2.38. The number of benzene rings is 1. The fourth-order valence-corrected chi connectivity index (χ4v) is 6.42. The number of carboxylic acid groups (broad SMARTS) is 2. The van der Waals surface area contributed by atoms with Crippen LogP contribution in [0, 0.1) is 11.7 Å². The summed E-state index contributed by atoms with van der Waals surface area (Å²) in [7, 11) is 2.68. The van der Waals surface area contributed by atoms with Gasteiger partial charge in [-0.3, -0.25) is 14.5 Å². The van der Waals surface area contributed by atoms with Gasteiger partial charge in [-0.15, -0.1) is 0 Å². The van der Waals surface area contributed by atoms with Gasteiger partial charge >= 0.3 is 11.9 Å². The van der Waals surface area contributed by atoms with Crippen molar-refractivity contribution >= 4 is 39.3 Å². The molecular weight excluding hydrogens is 443 g/mol. The van der Waals surface area contributed by atoms with E-state index in [0.717, 1.165) is 18.9 Å². The predicted octanol–water partition coefficient (Wildman–Crippen LogP) is 2.72. The van der Waals surface area contributed by atoms with Crippen molar-refractivity contribution in [2.75, 3.05) is 18.8 Å². The Morgan fingerprint density at radius 1 is 1.23 bits per heavy atom. The summed E-state index contributed by atoms with van der Waals surface area (Å²) in [6.45, 7) is 0.727. The highest BCUT2D eigenvalue weighted by atomic mass is 33.1. The first-order chi connectivity index (χ1) is 14.8. The summed E-state index contributed by atoms with van der Waals surface area (Å²) >= 11 is 0. The Balaban J connectivity index is 1.77. The molecule has 0 amide bonds. The molecule has 3 atom stereocenters. The molecule has 0 radical (unpaired) electrons. The second-order valence-corrected chi connectivity index (χ2v) is 10.3. The molecule has 1 aromatic carbocycles. The third-order valence-corrected chi connectivity index (χ3v) is 8.27. The lowest BCUT2D eigenvalue weighted by atomic mass is 9.93. The largest absolute Gasteiger partial charge is 0.480 e. The molecule has 0 aromatic heterocycles. The SMILES string of the molecule is NC(CSSC1CCN(C(C(=O)C2CC2)c2ccccc2F)CC1=CC(=O)O)C(=O)O. The zero-order chi connectivity index (χ0) is 22.5. The van der Waals surface area contributed by atoms with Gasteiger partial charge in [0.05, 0.1) is 6.04 Å². The first-order valence-corrected chi connectivity index (χ1v) is 12.4. The molecule has 1 aliphatic heterocycles. The summed E-state index contributed by atoms with van der Waals surface area (Å²) in [6.07, 6.45) is 3.30. The molecule has 3 rings (SSSR count). The van der Waals surface area contributed by atoms with Crippen molar-refractivity contribution in [3.05, 3.63) is 47.3 Å². The maximum atomic E-state index is 14.6. The smallest absolute Gasteiger partial charge is 0.328 e. The van der Waals surface area contributed by atoms with Gasteiger partial charge in [0.25, 0.3) is 0 Å². The van der Waals surface area contributed by atoms with E-state index in [1.54, 1.807) is 18.2 Å². The quantitative estimate of drug-likeness (QED) is 0.351. The van der Waals surface area contributed by atoms with Crippen LogP contribution in [-0.2, 0) is 14.4 Å². The van der Waals surface area contributed by atoms with Gasteiger partial charge in [-0.25, -0.2) is 9.18 Å². The molecule has 10 heteroatoms. The maximum absolute atomic E-state index is 14.6. The van der Waals surface area contributed by atoms with Gasteiger partial charge in [-0.05, 0) is 30.9 Å². The molecule has 31 heavy (non-hydrogen) atoms. The number of hydrogen-bond acceptors (Lipinski definition) is 7. The maximum Gasteiger partial charge on any atom is 0.328 e. The lowest BCUT2D eigenvalue weighted by Crippen LogP contribution is -2.43. The molecule has 1 aromatic rings. The van der Waals surface area contributed by atoms with Gasteiger partial charge in [0.15, 0.2) is 5.78 Å². The van der Waals surface area contributed by atoms with Crippen LogP contribution < -0.4 is 5.73 Å². The molecule has 0 spiro atoms. The van der Waals surface area contributed by atoms with E-state index in [9.17, 15) is 23.9 Å². The molecule has 1 heterocycles. The molecule has 1 saturated carbocycles. The molecule has 1 aliphatic carbocycles. The van der Waals surface area contributed by atoms with Crippen LogP contribution in [0.25, 0.3) is 0 Å². The molecule has 0 bridgehead atoms. The van der Waals surface area contributed by atoms with E-state index in [1.807, 2.05) is 4.90 Å². The van der Waals surface area contributed by atoms with Crippen molar-refractivity contribution in [2.24, 2.45) is 11.7 Å². The Kier molecular flexibility index (Phi) is 8.15. The van der Waals surface area contributed by atoms with Gasteiger partial charge < -0.3 is 15.9 Å². The van der Waals surface area contributed by atoms with Crippen LogP contribution in [0.4, 0.5) is 4.39 Å². The first kappa shape index (κ1) is 23.8. The van der Waals surface area contributed by atoms with Gasteiger partial charge in [-0.1, -0.05) is 39.8 Å². The normalized spacial score (nSPS) is 22.8. The number of Topliss-reactive ketones (excluding diaryl/α,β-unsaturated/α-hetero) is 1. The Bertz CT molecular complexity index is 877. The van der Waals surface area contributed by atoms with E-state index in [0.29, 0.717) is 24.1 Å². The molecule has 1 saturated heterocycles. The fourth-order valence-electron chi connectivity index (χ4n) is 3.60. The highest BCUT2D eigenvalue weighted by molar-refractivity contribution is 8.77. The molecular formula is C21H25FN2O5S2. The van der Waals surface area contributed by atoms with Gasteiger partial charge in [-0.2, -0.15) is 0 Å². The first-order valence-electron chi connectivity index (χ1n) is 10.00.